The molecule has 0 aliphatic rings. The van der Waals surface area contributed by atoms with Gasteiger partial charge in [-0.3, -0.25) is 4.79 Å². The number of halogens is 1. The number of rotatable bonds is 2. The van der Waals surface area contributed by atoms with Gasteiger partial charge in [-0.15, -0.1) is 0 Å². The molecule has 0 aliphatic heterocycles. The second kappa shape index (κ2) is 4.97. The Labute approximate surface area is 109 Å². The Morgan fingerprint density at radius 1 is 1.26 bits per heavy atom. The van der Waals surface area contributed by atoms with E-state index in [1.807, 2.05) is 0 Å². The number of nitrogens with two attached hydrogens (primary N) is 1. The molecule has 3 N–H and O–H groups in total. The van der Waals surface area contributed by atoms with Crippen LogP contribution in [0.25, 0.3) is 0 Å². The van der Waals surface area contributed by atoms with Crippen LogP contribution in [0.1, 0.15) is 10.4 Å². The molecule has 0 aliphatic carbocycles. The quantitative estimate of drug-likeness (QED) is 0.815. The molecule has 5 heteroatoms. The van der Waals surface area contributed by atoms with Gasteiger partial charge in [-0.1, -0.05) is 12.1 Å². The second-order valence-electron chi connectivity index (χ2n) is 4.08. The lowest BCUT2D eigenvalue weighted by molar-refractivity contribution is 0.0990. The molecule has 4 nitrogen and oxygen atoms in total. The van der Waals surface area contributed by atoms with Crippen LogP contribution in [0, 0.1) is 5.82 Å². The van der Waals surface area contributed by atoms with Crippen molar-refractivity contribution in [2.24, 2.45) is 0 Å². The fraction of sp³-hybridized carbons (Fsp3) is 0.0714. The van der Waals surface area contributed by atoms with Gasteiger partial charge >= 0.3 is 0 Å². The Balaban J connectivity index is 2.37. The molecule has 2 rings (SSSR count). The van der Waals surface area contributed by atoms with Crippen molar-refractivity contribution >= 4 is 17.3 Å². The van der Waals surface area contributed by atoms with E-state index < -0.39 is 17.5 Å². The largest absolute Gasteiger partial charge is 0.507 e. The smallest absolute Gasteiger partial charge is 0.261 e. The standard InChI is InChI=1S/C14H13FN2O2/c1-17(12-5-3-2-4-11(12)16)14(19)10-7-6-9(15)8-13(10)18/h2-8,18H,16H2,1H3. The summed E-state index contributed by atoms with van der Waals surface area (Å²) in [5.41, 5.74) is 6.77. The van der Waals surface area contributed by atoms with Gasteiger partial charge in [0.2, 0.25) is 0 Å². The number of amides is 1. The number of hydrogen-bond donors (Lipinski definition) is 2. The van der Waals surface area contributed by atoms with E-state index in [1.165, 1.54) is 18.0 Å². The van der Waals surface area contributed by atoms with Crippen LogP contribution in [0.2, 0.25) is 0 Å². The maximum Gasteiger partial charge on any atom is 0.261 e. The molecular formula is C14H13FN2O2. The number of nitrogen functional groups attached to an aromatic ring is 1. The molecule has 98 valence electrons. The van der Waals surface area contributed by atoms with Gasteiger partial charge in [0.15, 0.2) is 0 Å². The number of phenols is 1. The number of hydrogen-bond acceptors (Lipinski definition) is 3. The fourth-order valence-corrected chi connectivity index (χ4v) is 1.77. The van der Waals surface area contributed by atoms with Crippen molar-refractivity contribution in [1.29, 1.82) is 0 Å². The lowest BCUT2D eigenvalue weighted by atomic mass is 10.1. The van der Waals surface area contributed by atoms with Crippen LogP contribution >= 0.6 is 0 Å². The molecule has 0 aromatic heterocycles. The van der Waals surface area contributed by atoms with Crippen LogP contribution in [0.4, 0.5) is 15.8 Å². The second-order valence-corrected chi connectivity index (χ2v) is 4.08. The normalized spacial score (nSPS) is 10.2. The van der Waals surface area contributed by atoms with Crippen molar-refractivity contribution < 1.29 is 14.3 Å². The Morgan fingerprint density at radius 3 is 2.58 bits per heavy atom. The van der Waals surface area contributed by atoms with E-state index in [0.717, 1.165) is 12.1 Å². The molecule has 0 fully saturated rings. The first-order valence-electron chi connectivity index (χ1n) is 5.62. The van der Waals surface area contributed by atoms with Crippen LogP contribution in [0.5, 0.6) is 5.75 Å². The number of para-hydroxylation sites is 2. The van der Waals surface area contributed by atoms with Gasteiger partial charge in [0.05, 0.1) is 16.9 Å². The molecule has 0 saturated heterocycles. The molecule has 19 heavy (non-hydrogen) atoms. The van der Waals surface area contributed by atoms with E-state index in [2.05, 4.69) is 0 Å². The molecule has 0 unspecified atom stereocenters. The summed E-state index contributed by atoms with van der Waals surface area (Å²) in [6, 6.07) is 10.1. The van der Waals surface area contributed by atoms with Gasteiger partial charge < -0.3 is 15.7 Å². The molecule has 0 atom stereocenters. The Morgan fingerprint density at radius 2 is 1.95 bits per heavy atom. The lowest BCUT2D eigenvalue weighted by Crippen LogP contribution is -2.27. The van der Waals surface area contributed by atoms with Crippen molar-refractivity contribution in [3.8, 4) is 5.75 Å². The maximum absolute atomic E-state index is 12.9. The molecule has 1 amide bonds. The highest BCUT2D eigenvalue weighted by Crippen LogP contribution is 2.25. The first-order valence-corrected chi connectivity index (χ1v) is 5.62. The Hall–Kier alpha value is -2.56. The van der Waals surface area contributed by atoms with Gasteiger partial charge in [-0.25, -0.2) is 4.39 Å². The zero-order chi connectivity index (χ0) is 14.0. The third-order valence-corrected chi connectivity index (χ3v) is 2.79. The third kappa shape index (κ3) is 2.49. The molecule has 0 saturated carbocycles. The topological polar surface area (TPSA) is 66.6 Å². The van der Waals surface area contributed by atoms with Gasteiger partial charge in [0.25, 0.3) is 5.91 Å². The van der Waals surface area contributed by atoms with Crippen LogP contribution < -0.4 is 10.6 Å². The minimum atomic E-state index is -0.601. The zero-order valence-corrected chi connectivity index (χ0v) is 10.3. The summed E-state index contributed by atoms with van der Waals surface area (Å²) in [5, 5.41) is 9.61. The average Bonchev–Trinajstić information content (AvgIpc) is 2.38. The van der Waals surface area contributed by atoms with Gasteiger partial charge in [-0.05, 0) is 24.3 Å². The van der Waals surface area contributed by atoms with E-state index in [9.17, 15) is 14.3 Å². The van der Waals surface area contributed by atoms with E-state index in [1.54, 1.807) is 24.3 Å². The number of aromatic hydroxyl groups is 1. The lowest BCUT2D eigenvalue weighted by Gasteiger charge is -2.19. The molecular weight excluding hydrogens is 247 g/mol. The molecule has 0 bridgehead atoms. The summed E-state index contributed by atoms with van der Waals surface area (Å²) in [5.74, 6) is -1.46. The van der Waals surface area contributed by atoms with Gasteiger partial charge in [-0.2, -0.15) is 0 Å². The highest BCUT2D eigenvalue weighted by molar-refractivity contribution is 6.08. The number of nitrogens with zero attached hydrogens (tertiary/aromatic N) is 1. The minimum absolute atomic E-state index is 0.0205. The monoisotopic (exact) mass is 260 g/mol. The fourth-order valence-electron chi connectivity index (χ4n) is 1.77. The van der Waals surface area contributed by atoms with Crippen molar-refractivity contribution in [1.82, 2.24) is 0 Å². The van der Waals surface area contributed by atoms with Crippen molar-refractivity contribution in [2.75, 3.05) is 17.7 Å². The molecule has 2 aromatic carbocycles. The van der Waals surface area contributed by atoms with Crippen LogP contribution in [0.3, 0.4) is 0 Å². The van der Waals surface area contributed by atoms with Crippen molar-refractivity contribution in [3.05, 3.63) is 53.8 Å². The molecule has 0 radical (unpaired) electrons. The van der Waals surface area contributed by atoms with Crippen LogP contribution in [0.15, 0.2) is 42.5 Å². The summed E-state index contributed by atoms with van der Waals surface area (Å²) >= 11 is 0. The summed E-state index contributed by atoms with van der Waals surface area (Å²) in [6.45, 7) is 0. The van der Waals surface area contributed by atoms with E-state index in [4.69, 9.17) is 5.73 Å². The highest BCUT2D eigenvalue weighted by Gasteiger charge is 2.18. The zero-order valence-electron chi connectivity index (χ0n) is 10.3. The summed E-state index contributed by atoms with van der Waals surface area (Å²) in [7, 11) is 1.54. The number of carbonyl (C=O) groups excluding carboxylic acids is 1. The van der Waals surface area contributed by atoms with E-state index >= 15 is 0 Å². The highest BCUT2D eigenvalue weighted by atomic mass is 19.1. The van der Waals surface area contributed by atoms with Crippen LogP contribution in [-0.2, 0) is 0 Å². The molecule has 0 heterocycles. The maximum atomic E-state index is 12.9. The Bertz CT molecular complexity index is 629. The third-order valence-electron chi connectivity index (χ3n) is 2.79. The average molecular weight is 260 g/mol. The number of carbonyl (C=O) groups is 1. The predicted molar refractivity (Wildman–Crippen MR) is 71.7 cm³/mol. The SMILES string of the molecule is CN(C(=O)c1ccc(F)cc1O)c1ccccc1N. The van der Waals surface area contributed by atoms with E-state index in [0.29, 0.717) is 11.4 Å². The summed E-state index contributed by atoms with van der Waals surface area (Å²) in [6.07, 6.45) is 0. The minimum Gasteiger partial charge on any atom is -0.507 e. The molecule has 2 aromatic rings. The molecule has 0 spiro atoms. The van der Waals surface area contributed by atoms with Crippen molar-refractivity contribution in [2.45, 2.75) is 0 Å². The van der Waals surface area contributed by atoms with E-state index in [-0.39, 0.29) is 5.56 Å². The van der Waals surface area contributed by atoms with Crippen LogP contribution in [-0.4, -0.2) is 18.1 Å². The van der Waals surface area contributed by atoms with Gasteiger partial charge in [0, 0.05) is 13.1 Å². The summed E-state index contributed by atoms with van der Waals surface area (Å²) in [4.78, 5) is 13.5. The number of phenolic OH excluding ortho intramolecular Hbond substituents is 1. The van der Waals surface area contributed by atoms with Crippen molar-refractivity contribution in [3.63, 3.8) is 0 Å². The van der Waals surface area contributed by atoms with Gasteiger partial charge in [0.1, 0.15) is 11.6 Å². The summed E-state index contributed by atoms with van der Waals surface area (Å²) < 4.78 is 12.9. The number of benzene rings is 2. The number of anilines is 2. The Kier molecular flexibility index (Phi) is 3.37. The first-order chi connectivity index (χ1) is 9.00. The first kappa shape index (κ1) is 12.9. The predicted octanol–water partition coefficient (Wildman–Crippen LogP) is 2.39.